The number of tetrazole rings is 1. The van der Waals surface area contributed by atoms with E-state index in [1.807, 2.05) is 0 Å². The average molecular weight is 329 g/mol. The van der Waals surface area contributed by atoms with Gasteiger partial charge in [0.05, 0.1) is 11.3 Å². The predicted molar refractivity (Wildman–Crippen MR) is 84.5 cm³/mol. The third-order valence-electron chi connectivity index (χ3n) is 3.98. The van der Waals surface area contributed by atoms with Crippen LogP contribution in [0.4, 0.5) is 0 Å². The van der Waals surface area contributed by atoms with Crippen LogP contribution in [0.15, 0.2) is 30.6 Å². The highest BCUT2D eigenvalue weighted by atomic mass is 16.5. The van der Waals surface area contributed by atoms with Gasteiger partial charge >= 0.3 is 5.97 Å². The first kappa shape index (κ1) is 16.1. The summed E-state index contributed by atoms with van der Waals surface area (Å²) in [5.41, 5.74) is 1.000. The summed E-state index contributed by atoms with van der Waals surface area (Å²) >= 11 is 0. The molecule has 0 saturated carbocycles. The van der Waals surface area contributed by atoms with E-state index in [2.05, 4.69) is 15.5 Å². The van der Waals surface area contributed by atoms with Gasteiger partial charge in [0, 0.05) is 13.1 Å². The van der Waals surface area contributed by atoms with Crippen molar-refractivity contribution in [3.05, 3.63) is 36.2 Å². The summed E-state index contributed by atoms with van der Waals surface area (Å²) < 4.78 is 6.61. The van der Waals surface area contributed by atoms with Crippen LogP contribution in [-0.2, 0) is 9.53 Å². The van der Waals surface area contributed by atoms with Gasteiger partial charge in [-0.25, -0.2) is 9.48 Å². The third-order valence-corrected chi connectivity index (χ3v) is 3.98. The van der Waals surface area contributed by atoms with Gasteiger partial charge < -0.3 is 9.64 Å². The second-order valence-corrected chi connectivity index (χ2v) is 5.68. The normalized spacial score (nSPS) is 14.9. The minimum Gasteiger partial charge on any atom is -0.452 e. The molecule has 0 radical (unpaired) electrons. The van der Waals surface area contributed by atoms with Crippen molar-refractivity contribution in [3.63, 3.8) is 0 Å². The van der Waals surface area contributed by atoms with Gasteiger partial charge in [-0.15, -0.1) is 5.10 Å². The number of aromatic nitrogens is 4. The Bertz CT molecular complexity index is 693. The Morgan fingerprint density at radius 3 is 2.62 bits per heavy atom. The van der Waals surface area contributed by atoms with Crippen LogP contribution in [0.1, 0.15) is 36.0 Å². The quantitative estimate of drug-likeness (QED) is 0.784. The number of esters is 1. The molecule has 0 atom stereocenters. The first-order valence-corrected chi connectivity index (χ1v) is 8.02. The fourth-order valence-corrected chi connectivity index (χ4v) is 2.68. The van der Waals surface area contributed by atoms with E-state index in [1.54, 1.807) is 29.2 Å². The molecule has 1 aliphatic rings. The van der Waals surface area contributed by atoms with Gasteiger partial charge in [0.1, 0.15) is 6.33 Å². The molecular formula is C16H19N5O3. The maximum Gasteiger partial charge on any atom is 0.338 e. The van der Waals surface area contributed by atoms with Crippen molar-refractivity contribution in [1.82, 2.24) is 25.1 Å². The lowest BCUT2D eigenvalue weighted by atomic mass is 10.2. The number of amides is 1. The van der Waals surface area contributed by atoms with Crippen LogP contribution in [0.25, 0.3) is 5.69 Å². The van der Waals surface area contributed by atoms with E-state index in [0.717, 1.165) is 38.8 Å². The summed E-state index contributed by atoms with van der Waals surface area (Å²) in [4.78, 5) is 26.1. The van der Waals surface area contributed by atoms with Crippen molar-refractivity contribution in [2.24, 2.45) is 0 Å². The fraction of sp³-hybridized carbons (Fsp3) is 0.438. The Balaban J connectivity index is 1.59. The molecule has 24 heavy (non-hydrogen) atoms. The number of likely N-dealkylation sites (tertiary alicyclic amines) is 1. The summed E-state index contributed by atoms with van der Waals surface area (Å²) in [7, 11) is 0. The fourth-order valence-electron chi connectivity index (χ4n) is 2.68. The largest absolute Gasteiger partial charge is 0.452 e. The van der Waals surface area contributed by atoms with Crippen molar-refractivity contribution in [2.45, 2.75) is 25.7 Å². The summed E-state index contributed by atoms with van der Waals surface area (Å²) in [6.07, 6.45) is 5.75. The molecule has 0 unspecified atom stereocenters. The minimum absolute atomic E-state index is 0.137. The molecule has 0 aliphatic carbocycles. The Morgan fingerprint density at radius 1 is 1.12 bits per heavy atom. The minimum atomic E-state index is -0.534. The molecule has 0 N–H and O–H groups in total. The average Bonchev–Trinajstić information content (AvgIpc) is 3.02. The highest BCUT2D eigenvalue weighted by Gasteiger charge is 2.18. The number of ether oxygens (including phenoxy) is 1. The lowest BCUT2D eigenvalue weighted by molar-refractivity contribution is -0.134. The molecule has 2 aromatic rings. The smallest absolute Gasteiger partial charge is 0.338 e. The molecule has 1 aliphatic heterocycles. The number of nitrogens with zero attached hydrogens (tertiary/aromatic N) is 5. The first-order chi connectivity index (χ1) is 11.7. The number of benzene rings is 1. The van der Waals surface area contributed by atoms with Crippen molar-refractivity contribution < 1.29 is 14.3 Å². The van der Waals surface area contributed by atoms with Crippen LogP contribution in [0.5, 0.6) is 0 Å². The molecule has 0 bridgehead atoms. The van der Waals surface area contributed by atoms with Gasteiger partial charge in [-0.2, -0.15) is 0 Å². The molecule has 126 valence electrons. The molecule has 3 rings (SSSR count). The monoisotopic (exact) mass is 329 g/mol. The van der Waals surface area contributed by atoms with Gasteiger partial charge in [-0.3, -0.25) is 4.79 Å². The van der Waals surface area contributed by atoms with Crippen LogP contribution in [0.3, 0.4) is 0 Å². The van der Waals surface area contributed by atoms with Gasteiger partial charge in [0.2, 0.25) is 0 Å². The van der Waals surface area contributed by atoms with Crippen LogP contribution in [0.2, 0.25) is 0 Å². The number of rotatable bonds is 4. The Kier molecular flexibility index (Phi) is 5.15. The number of carbonyl (C=O) groups is 2. The van der Waals surface area contributed by atoms with Gasteiger partial charge in [-0.05, 0) is 41.5 Å². The van der Waals surface area contributed by atoms with Crippen LogP contribution < -0.4 is 0 Å². The van der Waals surface area contributed by atoms with Crippen LogP contribution in [-0.4, -0.2) is 56.7 Å². The highest BCUT2D eigenvalue weighted by molar-refractivity contribution is 5.91. The molecule has 2 heterocycles. The molecule has 1 fully saturated rings. The van der Waals surface area contributed by atoms with E-state index < -0.39 is 5.97 Å². The van der Waals surface area contributed by atoms with Crippen molar-refractivity contribution in [1.29, 1.82) is 0 Å². The standard InChI is InChI=1S/C16H19N5O3/c22-15(20-8-3-1-2-4-9-20)11-24-16(23)13-6-5-7-14(10-13)21-12-17-18-19-21/h5-7,10,12H,1-4,8-9,11H2. The topological polar surface area (TPSA) is 90.2 Å². The maximum absolute atomic E-state index is 12.2. The second kappa shape index (κ2) is 7.67. The number of hydrogen-bond donors (Lipinski definition) is 0. The molecule has 1 saturated heterocycles. The van der Waals surface area contributed by atoms with E-state index in [-0.39, 0.29) is 12.5 Å². The zero-order valence-electron chi connectivity index (χ0n) is 13.3. The molecule has 1 aromatic heterocycles. The Labute approximate surface area is 139 Å². The predicted octanol–water partition coefficient (Wildman–Crippen LogP) is 1.22. The van der Waals surface area contributed by atoms with E-state index >= 15 is 0 Å². The highest BCUT2D eigenvalue weighted by Crippen LogP contribution is 2.12. The van der Waals surface area contributed by atoms with Crippen LogP contribution in [0, 0.1) is 0 Å². The molecule has 8 nitrogen and oxygen atoms in total. The molecule has 0 spiro atoms. The Hall–Kier alpha value is -2.77. The number of carbonyl (C=O) groups excluding carboxylic acids is 2. The SMILES string of the molecule is O=C(OCC(=O)N1CCCCCC1)c1cccc(-n2cnnn2)c1. The molecular weight excluding hydrogens is 310 g/mol. The molecule has 1 amide bonds. The van der Waals surface area contributed by atoms with Gasteiger partial charge in [0.15, 0.2) is 6.61 Å². The number of hydrogen-bond acceptors (Lipinski definition) is 6. The summed E-state index contributed by atoms with van der Waals surface area (Å²) in [6.45, 7) is 1.25. The summed E-state index contributed by atoms with van der Waals surface area (Å²) in [5, 5.41) is 10.9. The van der Waals surface area contributed by atoms with Crippen molar-refractivity contribution in [3.8, 4) is 5.69 Å². The maximum atomic E-state index is 12.2. The van der Waals surface area contributed by atoms with Gasteiger partial charge in [0.25, 0.3) is 5.91 Å². The first-order valence-electron chi connectivity index (χ1n) is 8.02. The summed E-state index contributed by atoms with van der Waals surface area (Å²) in [6, 6.07) is 6.74. The van der Waals surface area contributed by atoms with Crippen molar-refractivity contribution >= 4 is 11.9 Å². The zero-order valence-corrected chi connectivity index (χ0v) is 13.3. The zero-order chi connectivity index (χ0) is 16.8. The summed E-state index contributed by atoms with van der Waals surface area (Å²) in [5.74, 6) is -0.671. The van der Waals surface area contributed by atoms with E-state index in [9.17, 15) is 9.59 Å². The Morgan fingerprint density at radius 2 is 1.92 bits per heavy atom. The van der Waals surface area contributed by atoms with Crippen LogP contribution >= 0.6 is 0 Å². The van der Waals surface area contributed by atoms with E-state index in [4.69, 9.17) is 4.74 Å². The molecule has 8 heteroatoms. The lowest BCUT2D eigenvalue weighted by Crippen LogP contribution is -2.35. The second-order valence-electron chi connectivity index (χ2n) is 5.68. The van der Waals surface area contributed by atoms with E-state index in [0.29, 0.717) is 11.3 Å². The lowest BCUT2D eigenvalue weighted by Gasteiger charge is -2.19. The third kappa shape index (κ3) is 3.95. The molecule has 1 aromatic carbocycles. The van der Waals surface area contributed by atoms with Gasteiger partial charge in [-0.1, -0.05) is 18.9 Å². The van der Waals surface area contributed by atoms with E-state index in [1.165, 1.54) is 11.0 Å². The van der Waals surface area contributed by atoms with Crippen molar-refractivity contribution in [2.75, 3.05) is 19.7 Å².